The molecule has 0 aliphatic carbocycles. The van der Waals surface area contributed by atoms with Gasteiger partial charge in [0.2, 0.25) is 6.41 Å². The van der Waals surface area contributed by atoms with E-state index in [4.69, 9.17) is 0 Å². The second-order valence-electron chi connectivity index (χ2n) is 7.21. The minimum atomic E-state index is -1.02. The second kappa shape index (κ2) is 7.83. The van der Waals surface area contributed by atoms with E-state index in [-0.39, 0.29) is 12.1 Å². The lowest BCUT2D eigenvalue weighted by Crippen LogP contribution is -2.25. The zero-order valence-corrected chi connectivity index (χ0v) is 17.1. The molecule has 0 unspecified atom stereocenters. The molecule has 0 fully saturated rings. The molecule has 0 bridgehead atoms. The first kappa shape index (κ1) is 20.2. The molecule has 150 valence electrons. The van der Waals surface area contributed by atoms with Crippen LogP contribution in [0.3, 0.4) is 0 Å². The number of aromatic carboxylic acids is 1. The van der Waals surface area contributed by atoms with Crippen molar-refractivity contribution in [1.82, 2.24) is 4.98 Å². The van der Waals surface area contributed by atoms with Gasteiger partial charge in [-0.2, -0.15) is 0 Å². The molecule has 0 saturated heterocycles. The van der Waals surface area contributed by atoms with Gasteiger partial charge in [0, 0.05) is 29.4 Å². The number of benzene rings is 2. The molecule has 0 aliphatic heterocycles. The van der Waals surface area contributed by atoms with E-state index in [1.54, 1.807) is 6.07 Å². The monoisotopic (exact) mass is 391 g/mol. The van der Waals surface area contributed by atoms with E-state index >= 15 is 0 Å². The number of aromatic nitrogens is 1. The number of hydrogen-bond acceptors (Lipinski definition) is 3. The first-order chi connectivity index (χ1) is 13.8. The fourth-order valence-corrected chi connectivity index (χ4v) is 3.50. The Labute approximate surface area is 170 Å². The maximum Gasteiger partial charge on any atom is 0.336 e. The third-order valence-corrected chi connectivity index (χ3v) is 5.40. The van der Waals surface area contributed by atoms with Gasteiger partial charge in [0.1, 0.15) is 0 Å². The molecular formula is C23H25N3O3. The Kier molecular flexibility index (Phi) is 5.46. The normalized spacial score (nSPS) is 10.8. The number of aromatic amines is 1. The van der Waals surface area contributed by atoms with Crippen LogP contribution >= 0.6 is 0 Å². The van der Waals surface area contributed by atoms with Crippen molar-refractivity contribution in [3.05, 3.63) is 71.1 Å². The number of amides is 1. The lowest BCUT2D eigenvalue weighted by molar-refractivity contribution is -0.107. The minimum Gasteiger partial charge on any atom is -0.478 e. The number of rotatable bonds is 7. The van der Waals surface area contributed by atoms with E-state index in [1.807, 2.05) is 63.1 Å². The second-order valence-corrected chi connectivity index (χ2v) is 7.21. The van der Waals surface area contributed by atoms with E-state index < -0.39 is 5.97 Å². The molecule has 6 heteroatoms. The topological polar surface area (TPSA) is 76.6 Å². The number of para-hydroxylation sites is 2. The van der Waals surface area contributed by atoms with E-state index in [0.717, 1.165) is 40.0 Å². The van der Waals surface area contributed by atoms with Gasteiger partial charge >= 0.3 is 5.97 Å². The summed E-state index contributed by atoms with van der Waals surface area (Å²) in [5, 5.41) is 10.7. The standard InChI is InChI=1S/C23H25N3O3/c1-14(2)25(5)20-8-6-7-9-21(20)26(13-27)12-19-18(23(28)29)11-10-17-15(3)16(4)24-22(17)19/h6-11,13,24H,1,12H2,2-5H3,(H,28,29). The highest BCUT2D eigenvalue weighted by molar-refractivity contribution is 5.99. The van der Waals surface area contributed by atoms with Gasteiger partial charge in [0.05, 0.1) is 29.0 Å². The fraction of sp³-hybridized carbons (Fsp3) is 0.217. The Balaban J connectivity index is 2.16. The Bertz CT molecular complexity index is 1110. The number of carboxylic acid groups (broad SMARTS) is 1. The minimum absolute atomic E-state index is 0.128. The van der Waals surface area contributed by atoms with Crippen molar-refractivity contribution >= 4 is 34.7 Å². The summed E-state index contributed by atoms with van der Waals surface area (Å²) < 4.78 is 0. The highest BCUT2D eigenvalue weighted by Crippen LogP contribution is 2.33. The van der Waals surface area contributed by atoms with Crippen molar-refractivity contribution < 1.29 is 14.7 Å². The van der Waals surface area contributed by atoms with Crippen molar-refractivity contribution in [1.29, 1.82) is 0 Å². The number of fused-ring (bicyclic) bond motifs is 1. The summed E-state index contributed by atoms with van der Waals surface area (Å²) in [6.45, 7) is 9.93. The van der Waals surface area contributed by atoms with Gasteiger partial charge in [-0.05, 0) is 44.5 Å². The van der Waals surface area contributed by atoms with Crippen LogP contribution in [-0.2, 0) is 11.3 Å². The largest absolute Gasteiger partial charge is 0.478 e. The molecule has 6 nitrogen and oxygen atoms in total. The summed E-state index contributed by atoms with van der Waals surface area (Å²) in [4.78, 5) is 30.7. The first-order valence-electron chi connectivity index (χ1n) is 9.30. The summed E-state index contributed by atoms with van der Waals surface area (Å²) in [5.74, 6) is -1.02. The van der Waals surface area contributed by atoms with Crippen molar-refractivity contribution in [2.24, 2.45) is 0 Å². The van der Waals surface area contributed by atoms with Gasteiger partial charge in [-0.1, -0.05) is 24.8 Å². The zero-order valence-electron chi connectivity index (χ0n) is 17.1. The van der Waals surface area contributed by atoms with E-state index in [9.17, 15) is 14.7 Å². The molecule has 29 heavy (non-hydrogen) atoms. The number of carbonyl (C=O) groups excluding carboxylic acids is 1. The molecule has 3 rings (SSSR count). The van der Waals surface area contributed by atoms with E-state index in [1.165, 1.54) is 4.90 Å². The van der Waals surface area contributed by atoms with Crippen molar-refractivity contribution in [3.63, 3.8) is 0 Å². The Morgan fingerprint density at radius 1 is 1.17 bits per heavy atom. The first-order valence-corrected chi connectivity index (χ1v) is 9.30. The average molecular weight is 391 g/mol. The third-order valence-electron chi connectivity index (χ3n) is 5.40. The highest BCUT2D eigenvalue weighted by Gasteiger charge is 2.21. The van der Waals surface area contributed by atoms with Crippen LogP contribution in [0.15, 0.2) is 48.7 Å². The molecule has 2 N–H and O–H groups in total. The van der Waals surface area contributed by atoms with Crippen LogP contribution in [0.1, 0.15) is 34.1 Å². The van der Waals surface area contributed by atoms with Gasteiger partial charge in [0.25, 0.3) is 0 Å². The summed E-state index contributed by atoms with van der Waals surface area (Å²) in [7, 11) is 1.88. The predicted octanol–water partition coefficient (Wildman–Crippen LogP) is 4.62. The number of anilines is 2. The van der Waals surface area contributed by atoms with E-state index in [0.29, 0.717) is 11.3 Å². The maximum atomic E-state index is 12.1. The van der Waals surface area contributed by atoms with Gasteiger partial charge in [0.15, 0.2) is 0 Å². The lowest BCUT2D eigenvalue weighted by Gasteiger charge is -2.27. The van der Waals surface area contributed by atoms with Gasteiger partial charge < -0.3 is 19.9 Å². The smallest absolute Gasteiger partial charge is 0.336 e. The molecule has 2 aromatic carbocycles. The van der Waals surface area contributed by atoms with Crippen molar-refractivity contribution in [2.75, 3.05) is 16.8 Å². The Morgan fingerprint density at radius 2 is 1.83 bits per heavy atom. The van der Waals surface area contributed by atoms with Crippen LogP contribution in [0.25, 0.3) is 10.9 Å². The van der Waals surface area contributed by atoms with Crippen LogP contribution in [0.4, 0.5) is 11.4 Å². The number of carbonyl (C=O) groups is 2. The average Bonchev–Trinajstić information content (AvgIpc) is 2.99. The van der Waals surface area contributed by atoms with Crippen molar-refractivity contribution in [2.45, 2.75) is 27.3 Å². The molecule has 1 aromatic heterocycles. The number of hydrogen-bond donors (Lipinski definition) is 2. The van der Waals surface area contributed by atoms with E-state index in [2.05, 4.69) is 11.6 Å². The lowest BCUT2D eigenvalue weighted by atomic mass is 10.0. The molecule has 0 saturated carbocycles. The van der Waals surface area contributed by atoms with Crippen molar-refractivity contribution in [3.8, 4) is 0 Å². The Hall–Kier alpha value is -3.54. The van der Waals surface area contributed by atoms with Gasteiger partial charge in [-0.3, -0.25) is 4.79 Å². The molecule has 0 atom stereocenters. The molecule has 0 aliphatic rings. The predicted molar refractivity (Wildman–Crippen MR) is 117 cm³/mol. The molecule has 0 spiro atoms. The SMILES string of the molecule is C=C(C)N(C)c1ccccc1N(C=O)Cc1c(C(=O)O)ccc2c(C)c(C)[nH]c12. The Morgan fingerprint density at radius 3 is 2.41 bits per heavy atom. The number of carboxylic acids is 1. The van der Waals surface area contributed by atoms with Crippen LogP contribution in [0, 0.1) is 13.8 Å². The van der Waals surface area contributed by atoms with Gasteiger partial charge in [-0.25, -0.2) is 4.79 Å². The molecule has 0 radical (unpaired) electrons. The summed E-state index contributed by atoms with van der Waals surface area (Å²) in [5.41, 5.74) is 5.87. The number of nitrogens with zero attached hydrogens (tertiary/aromatic N) is 2. The zero-order chi connectivity index (χ0) is 21.3. The summed E-state index contributed by atoms with van der Waals surface area (Å²) in [6.07, 6.45) is 0.734. The van der Waals surface area contributed by atoms with Crippen LogP contribution in [0.2, 0.25) is 0 Å². The quantitative estimate of drug-likeness (QED) is 0.577. The fourth-order valence-electron chi connectivity index (χ4n) is 3.50. The number of allylic oxidation sites excluding steroid dienone is 1. The summed E-state index contributed by atoms with van der Waals surface area (Å²) >= 11 is 0. The van der Waals surface area contributed by atoms with Crippen LogP contribution in [-0.4, -0.2) is 29.5 Å². The number of H-pyrrole nitrogens is 1. The molecule has 1 amide bonds. The number of nitrogens with one attached hydrogen (secondary N) is 1. The van der Waals surface area contributed by atoms with Crippen LogP contribution < -0.4 is 9.80 Å². The summed E-state index contributed by atoms with van der Waals surface area (Å²) in [6, 6.07) is 10.9. The maximum absolute atomic E-state index is 12.1. The van der Waals surface area contributed by atoms with Crippen LogP contribution in [0.5, 0.6) is 0 Å². The molecular weight excluding hydrogens is 366 g/mol. The number of aryl methyl sites for hydroxylation is 2. The molecule has 3 aromatic rings. The third kappa shape index (κ3) is 3.61. The highest BCUT2D eigenvalue weighted by atomic mass is 16.4. The van der Waals surface area contributed by atoms with Gasteiger partial charge in [-0.15, -0.1) is 0 Å². The molecule has 1 heterocycles.